The number of benzene rings is 2. The van der Waals surface area contributed by atoms with Crippen LogP contribution in [0.5, 0.6) is 0 Å². The molecule has 3 heterocycles. The number of fused-ring (bicyclic) bond motifs is 1. The molecule has 0 saturated carbocycles. The second-order valence-electron chi connectivity index (χ2n) is 13.0. The molecular weight excluding hydrogens is 598 g/mol. The van der Waals surface area contributed by atoms with E-state index in [-0.39, 0.29) is 13.0 Å². The number of hydrogen-bond donors (Lipinski definition) is 1. The minimum atomic E-state index is -0.763. The van der Waals surface area contributed by atoms with E-state index in [9.17, 15) is 14.4 Å². The summed E-state index contributed by atoms with van der Waals surface area (Å²) in [6, 6.07) is 16.0. The molecule has 0 bridgehead atoms. The van der Waals surface area contributed by atoms with Crippen LogP contribution in [0.1, 0.15) is 72.2 Å². The number of aliphatic imine (C=N–C) groups is 1. The topological polar surface area (TPSA) is 128 Å². The van der Waals surface area contributed by atoms with E-state index in [1.807, 2.05) is 44.2 Å². The van der Waals surface area contributed by atoms with E-state index in [1.165, 1.54) is 0 Å². The van der Waals surface area contributed by atoms with Crippen molar-refractivity contribution in [2.75, 3.05) is 19.7 Å². The number of esters is 2. The van der Waals surface area contributed by atoms with Gasteiger partial charge in [0.1, 0.15) is 30.9 Å². The van der Waals surface area contributed by atoms with Crippen molar-refractivity contribution in [2.45, 2.75) is 66.4 Å². The molecule has 0 amide bonds. The van der Waals surface area contributed by atoms with E-state index >= 15 is 0 Å². The predicted molar refractivity (Wildman–Crippen MR) is 180 cm³/mol. The standard InChI is InChI=1S/C36H43N5O6/c1-22(2)18-40(19-23(3)4)21-37-32-28-15-16-41(33(28)39-36(44)38-32)31-17-29(47-35(43)27-13-9-25(6)10-14-27)30(46-31)20-45-34(42)26-11-7-24(5)8-12-26/h7-16,21-23,29-31H,17-20H2,1-6H3,(H,38,39,44)/b37-21+/t29-,30+,31+/m0/s1. The zero-order valence-electron chi connectivity index (χ0n) is 27.8. The number of ether oxygens (including phenoxy) is 3. The summed E-state index contributed by atoms with van der Waals surface area (Å²) in [5, 5.41) is 0.640. The monoisotopic (exact) mass is 641 g/mol. The maximum atomic E-state index is 13.1. The number of nitrogens with one attached hydrogen (secondary N) is 1. The second-order valence-corrected chi connectivity index (χ2v) is 13.0. The van der Waals surface area contributed by atoms with Crippen molar-refractivity contribution in [1.82, 2.24) is 19.4 Å². The SMILES string of the molecule is Cc1ccc(C(=O)OC[C@H]2O[C@@H](n3ccc4c(/N=C/N(CC(C)C)CC(C)C)[nH]c(=O)nc43)C[C@@H]2OC(=O)c2ccc(C)cc2)cc1. The number of nitrogens with zero attached hydrogens (tertiary/aromatic N) is 4. The molecule has 3 atom stereocenters. The minimum Gasteiger partial charge on any atom is -0.459 e. The fraction of sp³-hybridized carbons (Fsp3) is 0.417. The molecule has 47 heavy (non-hydrogen) atoms. The van der Waals surface area contributed by atoms with Gasteiger partial charge in [0.15, 0.2) is 5.65 Å². The van der Waals surface area contributed by atoms with Gasteiger partial charge in [0.2, 0.25) is 0 Å². The van der Waals surface area contributed by atoms with E-state index in [0.717, 1.165) is 24.2 Å². The number of rotatable bonds is 12. The van der Waals surface area contributed by atoms with Gasteiger partial charge in [-0.05, 0) is 56.0 Å². The van der Waals surface area contributed by atoms with Gasteiger partial charge in [-0.25, -0.2) is 19.4 Å². The molecule has 0 spiro atoms. The molecule has 1 aliphatic rings. The third-order valence-corrected chi connectivity index (χ3v) is 7.83. The third-order valence-electron chi connectivity index (χ3n) is 7.83. The molecule has 0 radical (unpaired) electrons. The summed E-state index contributed by atoms with van der Waals surface area (Å²) in [4.78, 5) is 52.5. The Morgan fingerprint density at radius 2 is 1.57 bits per heavy atom. The van der Waals surface area contributed by atoms with Crippen LogP contribution in [0, 0.1) is 25.7 Å². The maximum absolute atomic E-state index is 13.1. The van der Waals surface area contributed by atoms with E-state index in [4.69, 9.17) is 14.2 Å². The lowest BCUT2D eigenvalue weighted by Gasteiger charge is -2.23. The molecule has 248 valence electrons. The fourth-order valence-electron chi connectivity index (χ4n) is 5.59. The second kappa shape index (κ2) is 14.8. The van der Waals surface area contributed by atoms with Crippen LogP contribution < -0.4 is 5.69 Å². The van der Waals surface area contributed by atoms with Crippen LogP contribution >= 0.6 is 0 Å². The quantitative estimate of drug-likeness (QED) is 0.114. The Bertz CT molecular complexity index is 1760. The summed E-state index contributed by atoms with van der Waals surface area (Å²) < 4.78 is 19.7. The molecule has 2 aromatic carbocycles. The van der Waals surface area contributed by atoms with E-state index in [1.54, 1.807) is 41.4 Å². The molecule has 2 aromatic heterocycles. The zero-order valence-corrected chi connectivity index (χ0v) is 27.8. The molecule has 1 fully saturated rings. The van der Waals surface area contributed by atoms with Crippen LogP contribution in [-0.4, -0.2) is 69.6 Å². The minimum absolute atomic E-state index is 0.140. The first-order valence-electron chi connectivity index (χ1n) is 16.0. The number of aromatic nitrogens is 3. The fourth-order valence-corrected chi connectivity index (χ4v) is 5.59. The summed E-state index contributed by atoms with van der Waals surface area (Å²) in [5.74, 6) is 0.251. The van der Waals surface area contributed by atoms with E-state index in [0.29, 0.717) is 39.8 Å². The van der Waals surface area contributed by atoms with Crippen molar-refractivity contribution in [3.8, 4) is 0 Å². The Hall–Kier alpha value is -4.77. The van der Waals surface area contributed by atoms with Gasteiger partial charge in [-0.3, -0.25) is 4.98 Å². The van der Waals surface area contributed by atoms with E-state index < -0.39 is 36.1 Å². The van der Waals surface area contributed by atoms with Crippen LogP contribution in [0.4, 0.5) is 5.82 Å². The molecular formula is C36H43N5O6. The average molecular weight is 642 g/mol. The highest BCUT2D eigenvalue weighted by Crippen LogP contribution is 2.35. The average Bonchev–Trinajstić information content (AvgIpc) is 3.62. The summed E-state index contributed by atoms with van der Waals surface area (Å²) in [7, 11) is 0. The third kappa shape index (κ3) is 8.53. The van der Waals surface area contributed by atoms with Gasteiger partial charge in [-0.15, -0.1) is 0 Å². The van der Waals surface area contributed by atoms with Crippen molar-refractivity contribution >= 4 is 35.1 Å². The Morgan fingerprint density at radius 1 is 0.979 bits per heavy atom. The van der Waals surface area contributed by atoms with Crippen molar-refractivity contribution in [2.24, 2.45) is 16.8 Å². The highest BCUT2D eigenvalue weighted by Gasteiger charge is 2.40. The van der Waals surface area contributed by atoms with Crippen LogP contribution in [0.15, 0.2) is 70.6 Å². The number of carbonyl (C=O) groups excluding carboxylic acids is 2. The maximum Gasteiger partial charge on any atom is 0.348 e. The number of H-pyrrole nitrogens is 1. The van der Waals surface area contributed by atoms with Gasteiger partial charge >= 0.3 is 17.6 Å². The Balaban J connectivity index is 1.40. The van der Waals surface area contributed by atoms with Gasteiger partial charge in [0.05, 0.1) is 22.9 Å². The molecule has 1 N–H and O–H groups in total. The number of aromatic amines is 1. The molecule has 11 nitrogen and oxygen atoms in total. The lowest BCUT2D eigenvalue weighted by molar-refractivity contribution is -0.0562. The summed E-state index contributed by atoms with van der Waals surface area (Å²) in [6.07, 6.45) is 1.63. The number of hydrogen-bond acceptors (Lipinski definition) is 8. The zero-order chi connectivity index (χ0) is 33.7. The highest BCUT2D eigenvalue weighted by molar-refractivity contribution is 5.90. The molecule has 11 heteroatoms. The van der Waals surface area contributed by atoms with Crippen LogP contribution in [0.2, 0.25) is 0 Å². The Labute approximate surface area is 274 Å². The molecule has 1 saturated heterocycles. The van der Waals surface area contributed by atoms with Crippen LogP contribution in [0.25, 0.3) is 11.0 Å². The van der Waals surface area contributed by atoms with Crippen molar-refractivity contribution in [3.05, 3.63) is 93.5 Å². The predicted octanol–water partition coefficient (Wildman–Crippen LogP) is 5.99. The Morgan fingerprint density at radius 3 is 2.17 bits per heavy atom. The summed E-state index contributed by atoms with van der Waals surface area (Å²) in [6.45, 7) is 14.0. The lowest BCUT2D eigenvalue weighted by Crippen LogP contribution is -2.32. The first kappa shape index (κ1) is 33.6. The van der Waals surface area contributed by atoms with Crippen molar-refractivity contribution < 1.29 is 23.8 Å². The summed E-state index contributed by atoms with van der Waals surface area (Å²) >= 11 is 0. The lowest BCUT2D eigenvalue weighted by atomic mass is 10.1. The van der Waals surface area contributed by atoms with Gasteiger partial charge in [0, 0.05) is 25.7 Å². The Kier molecular flexibility index (Phi) is 10.6. The van der Waals surface area contributed by atoms with Crippen molar-refractivity contribution in [1.29, 1.82) is 0 Å². The van der Waals surface area contributed by atoms with E-state index in [2.05, 4.69) is 47.6 Å². The van der Waals surface area contributed by atoms with Gasteiger partial charge in [-0.1, -0.05) is 63.1 Å². The summed E-state index contributed by atoms with van der Waals surface area (Å²) in [5.41, 5.74) is 2.69. The molecule has 0 unspecified atom stereocenters. The van der Waals surface area contributed by atoms with Gasteiger partial charge in [-0.2, -0.15) is 4.98 Å². The largest absolute Gasteiger partial charge is 0.459 e. The number of aryl methyl sites for hydroxylation is 2. The highest BCUT2D eigenvalue weighted by atomic mass is 16.6. The van der Waals surface area contributed by atoms with Gasteiger partial charge in [0.25, 0.3) is 0 Å². The first-order valence-corrected chi connectivity index (χ1v) is 16.0. The smallest absolute Gasteiger partial charge is 0.348 e. The van der Waals surface area contributed by atoms with Crippen molar-refractivity contribution in [3.63, 3.8) is 0 Å². The molecule has 4 aromatic rings. The molecule has 1 aliphatic heterocycles. The normalized spacial score (nSPS) is 18.0. The molecule has 0 aliphatic carbocycles. The van der Waals surface area contributed by atoms with Gasteiger partial charge < -0.3 is 23.7 Å². The number of carbonyl (C=O) groups is 2. The van der Waals surface area contributed by atoms with Crippen LogP contribution in [-0.2, 0) is 14.2 Å². The van der Waals surface area contributed by atoms with Crippen LogP contribution in [0.3, 0.4) is 0 Å². The first-order chi connectivity index (χ1) is 22.5. The molecule has 5 rings (SSSR count).